The van der Waals surface area contributed by atoms with Gasteiger partial charge in [-0.2, -0.15) is 5.26 Å². The van der Waals surface area contributed by atoms with Crippen molar-refractivity contribution < 1.29 is 0 Å². The molecule has 6 heteroatoms. The van der Waals surface area contributed by atoms with Crippen LogP contribution < -0.4 is 0 Å². The SMILES string of the molecule is Cc1ccc2c(c1)c1cc(C)ccc1n2-c1c(-n2c3ccccc3c3cc(-n4c5ccccc5c5ccccc54)ccc32)cc(C#N)cc1-n1c2ccccc2c2cc(-n3c4ccccc4c4ccccc43)ccc21. The number of para-hydroxylation sites is 6. The number of aryl methyl sites for hydroxylation is 2. The normalized spacial score (nSPS) is 12.1. The van der Waals surface area contributed by atoms with Crippen molar-refractivity contribution in [3.05, 3.63) is 247 Å². The van der Waals surface area contributed by atoms with Crippen molar-refractivity contribution in [2.75, 3.05) is 0 Å². The van der Waals surface area contributed by atoms with Gasteiger partial charge in [-0.05, 0) is 123 Å². The van der Waals surface area contributed by atoms with Crippen LogP contribution in [0.1, 0.15) is 16.7 Å². The summed E-state index contributed by atoms with van der Waals surface area (Å²) in [5, 5.41) is 23.1. The van der Waals surface area contributed by atoms with E-state index < -0.39 is 0 Å². The molecule has 5 aromatic heterocycles. The van der Waals surface area contributed by atoms with Gasteiger partial charge in [-0.15, -0.1) is 0 Å². The lowest BCUT2D eigenvalue weighted by molar-refractivity contribution is 1.05. The van der Waals surface area contributed by atoms with E-state index >= 15 is 0 Å². The van der Waals surface area contributed by atoms with Crippen LogP contribution in [0, 0.1) is 25.2 Å². The van der Waals surface area contributed by atoms with Crippen LogP contribution in [0.4, 0.5) is 0 Å². The van der Waals surface area contributed by atoms with Crippen molar-refractivity contribution in [3.63, 3.8) is 0 Å². The highest BCUT2D eigenvalue weighted by Gasteiger charge is 2.27. The third-order valence-corrected chi connectivity index (χ3v) is 16.0. The monoisotopic (exact) mass is 956 g/mol. The van der Waals surface area contributed by atoms with Gasteiger partial charge in [-0.3, -0.25) is 0 Å². The summed E-state index contributed by atoms with van der Waals surface area (Å²) in [7, 11) is 0. The largest absolute Gasteiger partial charge is 0.309 e. The Bertz CT molecular complexity index is 4760. The Hall–Kier alpha value is -10.1. The predicted molar refractivity (Wildman–Crippen MR) is 312 cm³/mol. The van der Waals surface area contributed by atoms with Gasteiger partial charge in [0.25, 0.3) is 0 Å². The first-order valence-electron chi connectivity index (χ1n) is 25.6. The zero-order valence-electron chi connectivity index (χ0n) is 41.1. The van der Waals surface area contributed by atoms with Gasteiger partial charge in [0.15, 0.2) is 0 Å². The van der Waals surface area contributed by atoms with E-state index in [0.717, 1.165) is 83.1 Å². The van der Waals surface area contributed by atoms with Crippen LogP contribution in [0.2, 0.25) is 0 Å². The maximum absolute atomic E-state index is 11.3. The summed E-state index contributed by atoms with van der Waals surface area (Å²) in [6, 6.07) is 86.6. The average Bonchev–Trinajstić information content (AvgIpc) is 4.27. The molecule has 350 valence electrons. The highest BCUT2D eigenvalue weighted by atomic mass is 15.1. The van der Waals surface area contributed by atoms with E-state index in [1.165, 1.54) is 65.5 Å². The fraction of sp³-hybridized carbons (Fsp3) is 0.0290. The molecule has 11 aromatic carbocycles. The number of hydrogen-bond acceptors (Lipinski definition) is 1. The number of hydrogen-bond donors (Lipinski definition) is 0. The molecule has 0 atom stereocenters. The molecule has 0 N–H and O–H groups in total. The van der Waals surface area contributed by atoms with E-state index in [1.54, 1.807) is 0 Å². The number of fused-ring (bicyclic) bond motifs is 15. The lowest BCUT2D eigenvalue weighted by atomic mass is 10.1. The molecule has 0 unspecified atom stereocenters. The van der Waals surface area contributed by atoms with Gasteiger partial charge in [0.05, 0.1) is 83.9 Å². The highest BCUT2D eigenvalue weighted by Crippen LogP contribution is 2.45. The Morgan fingerprint density at radius 1 is 0.267 bits per heavy atom. The Kier molecular flexibility index (Phi) is 8.56. The molecular weight excluding hydrogens is 913 g/mol. The molecule has 6 nitrogen and oxygen atoms in total. The molecule has 0 bridgehead atoms. The van der Waals surface area contributed by atoms with Gasteiger partial charge in [0.1, 0.15) is 0 Å². The van der Waals surface area contributed by atoms with Gasteiger partial charge in [-0.25, -0.2) is 0 Å². The summed E-state index contributed by atoms with van der Waals surface area (Å²) in [6.45, 7) is 4.35. The molecule has 16 aromatic rings. The molecule has 75 heavy (non-hydrogen) atoms. The lowest BCUT2D eigenvalue weighted by Crippen LogP contribution is -2.10. The molecule has 0 saturated carbocycles. The van der Waals surface area contributed by atoms with Crippen LogP contribution in [-0.2, 0) is 0 Å². The quantitative estimate of drug-likeness (QED) is 0.170. The maximum Gasteiger partial charge on any atom is 0.0993 e. The maximum atomic E-state index is 11.3. The molecule has 0 aliphatic carbocycles. The molecule has 0 saturated heterocycles. The molecule has 0 aliphatic heterocycles. The molecule has 0 radical (unpaired) electrons. The van der Waals surface area contributed by atoms with Crippen LogP contribution >= 0.6 is 0 Å². The lowest BCUT2D eigenvalue weighted by Gasteiger charge is -2.23. The summed E-state index contributed by atoms with van der Waals surface area (Å²) < 4.78 is 12.1. The fourth-order valence-corrected chi connectivity index (χ4v) is 12.9. The zero-order valence-corrected chi connectivity index (χ0v) is 41.1. The summed E-state index contributed by atoms with van der Waals surface area (Å²) >= 11 is 0. The first-order valence-corrected chi connectivity index (χ1v) is 25.6. The van der Waals surface area contributed by atoms with E-state index in [0.29, 0.717) is 5.56 Å². The van der Waals surface area contributed by atoms with Crippen LogP contribution in [0.15, 0.2) is 231 Å². The van der Waals surface area contributed by atoms with Crippen molar-refractivity contribution in [3.8, 4) is 34.5 Å². The van der Waals surface area contributed by atoms with Crippen LogP contribution in [0.5, 0.6) is 0 Å². The smallest absolute Gasteiger partial charge is 0.0993 e. The number of aromatic nitrogens is 5. The minimum Gasteiger partial charge on any atom is -0.309 e. The Balaban J connectivity index is 1.04. The predicted octanol–water partition coefficient (Wildman–Crippen LogP) is 17.7. The summed E-state index contributed by atoms with van der Waals surface area (Å²) in [6.07, 6.45) is 0. The molecule has 0 aliphatic rings. The first kappa shape index (κ1) is 41.5. The molecule has 0 fully saturated rings. The third-order valence-electron chi connectivity index (χ3n) is 16.0. The average molecular weight is 957 g/mol. The van der Waals surface area contributed by atoms with Gasteiger partial charge < -0.3 is 22.8 Å². The number of nitriles is 1. The summed E-state index contributed by atoms with van der Waals surface area (Å²) in [4.78, 5) is 0. The standard InChI is InChI=1S/C69H44N6/c1-42-27-31-65-53(35-42)54-36-43(2)28-32-66(54)75(65)69-67(73-61-25-13-7-19-51(61)55-39-45(29-33-63(55)73)71-57-21-9-3-15-47(57)48-16-4-10-22-58(48)71)37-44(41-70)38-68(69)74-62-26-14-8-20-52(62)56-40-46(30-34-64(56)74)72-59-23-11-5-17-49(59)50-18-6-12-24-60(50)72/h3-40H,1-2H3. The Morgan fingerprint density at radius 3 is 0.907 bits per heavy atom. The van der Waals surface area contributed by atoms with Crippen molar-refractivity contribution in [1.29, 1.82) is 5.26 Å². The number of nitrogens with zero attached hydrogens (tertiary/aromatic N) is 6. The van der Waals surface area contributed by atoms with Crippen LogP contribution in [0.3, 0.4) is 0 Å². The third kappa shape index (κ3) is 5.78. The van der Waals surface area contributed by atoms with E-state index in [-0.39, 0.29) is 0 Å². The van der Waals surface area contributed by atoms with Crippen molar-refractivity contribution >= 4 is 109 Å². The molecule has 5 heterocycles. The van der Waals surface area contributed by atoms with Gasteiger partial charge >= 0.3 is 0 Å². The molecule has 0 amide bonds. The van der Waals surface area contributed by atoms with Gasteiger partial charge in [-0.1, -0.05) is 132 Å². The second-order valence-corrected chi connectivity index (χ2v) is 20.2. The molecular formula is C69H44N6. The van der Waals surface area contributed by atoms with Crippen molar-refractivity contribution in [2.45, 2.75) is 13.8 Å². The topological polar surface area (TPSA) is 48.4 Å². The Labute approximate surface area is 430 Å². The second-order valence-electron chi connectivity index (χ2n) is 20.2. The first-order chi connectivity index (χ1) is 37.0. The highest BCUT2D eigenvalue weighted by molar-refractivity contribution is 6.16. The molecule has 16 rings (SSSR count). The molecule has 0 spiro atoms. The fourth-order valence-electron chi connectivity index (χ4n) is 12.9. The van der Waals surface area contributed by atoms with E-state index in [1.807, 2.05) is 0 Å². The van der Waals surface area contributed by atoms with Gasteiger partial charge in [0, 0.05) is 65.2 Å². The summed E-state index contributed by atoms with van der Waals surface area (Å²) in [5.41, 5.74) is 19.0. The van der Waals surface area contributed by atoms with Gasteiger partial charge in [0.2, 0.25) is 0 Å². The summed E-state index contributed by atoms with van der Waals surface area (Å²) in [5.74, 6) is 0. The van der Waals surface area contributed by atoms with E-state index in [9.17, 15) is 5.26 Å². The minimum absolute atomic E-state index is 0.567. The number of rotatable bonds is 5. The van der Waals surface area contributed by atoms with Crippen LogP contribution in [-0.4, -0.2) is 22.8 Å². The van der Waals surface area contributed by atoms with Crippen LogP contribution in [0.25, 0.3) is 137 Å². The van der Waals surface area contributed by atoms with Crippen molar-refractivity contribution in [2.24, 2.45) is 0 Å². The van der Waals surface area contributed by atoms with Crippen molar-refractivity contribution in [1.82, 2.24) is 22.8 Å². The minimum atomic E-state index is 0.567. The second kappa shape index (κ2) is 15.5. The Morgan fingerprint density at radius 2 is 0.547 bits per heavy atom. The van der Waals surface area contributed by atoms with E-state index in [2.05, 4.69) is 273 Å². The zero-order chi connectivity index (χ0) is 49.6. The van der Waals surface area contributed by atoms with E-state index in [4.69, 9.17) is 0 Å². The number of benzene rings is 11.